The van der Waals surface area contributed by atoms with Crippen molar-refractivity contribution in [1.29, 1.82) is 0 Å². The molecule has 7 nitrogen and oxygen atoms in total. The van der Waals surface area contributed by atoms with Crippen LogP contribution in [0.15, 0.2) is 47.8 Å². The number of ether oxygens (including phenoxy) is 1. The lowest BCUT2D eigenvalue weighted by molar-refractivity contribution is -0.118. The van der Waals surface area contributed by atoms with Gasteiger partial charge in [-0.2, -0.15) is 0 Å². The Labute approximate surface area is 197 Å². The van der Waals surface area contributed by atoms with E-state index in [0.29, 0.717) is 28.7 Å². The molecule has 11 heteroatoms. The van der Waals surface area contributed by atoms with Crippen LogP contribution in [0.3, 0.4) is 0 Å². The molecule has 1 unspecified atom stereocenters. The van der Waals surface area contributed by atoms with Crippen molar-refractivity contribution in [3.8, 4) is 5.88 Å². The van der Waals surface area contributed by atoms with Crippen molar-refractivity contribution in [1.82, 2.24) is 15.3 Å². The number of benzene rings is 1. The highest BCUT2D eigenvalue weighted by Crippen LogP contribution is 2.39. The average molecular weight is 488 g/mol. The van der Waals surface area contributed by atoms with Gasteiger partial charge in [0.15, 0.2) is 0 Å². The molecule has 1 aliphatic rings. The molecule has 1 N–H and O–H groups in total. The number of hydrogen-bond acceptors (Lipinski definition) is 6. The zero-order valence-corrected chi connectivity index (χ0v) is 19.0. The van der Waals surface area contributed by atoms with Crippen molar-refractivity contribution in [3.63, 3.8) is 0 Å². The molecular formula is C23H19F3N4O3S. The number of methoxy groups -OCH3 is 1. The molecule has 34 heavy (non-hydrogen) atoms. The van der Waals surface area contributed by atoms with Gasteiger partial charge in [0.1, 0.15) is 22.5 Å². The van der Waals surface area contributed by atoms with Gasteiger partial charge in [-0.05, 0) is 24.6 Å². The summed E-state index contributed by atoms with van der Waals surface area (Å²) in [6.07, 6.45) is 2.90. The molecular weight excluding hydrogens is 469 g/mol. The number of carbonyl (C=O) groups is 2. The van der Waals surface area contributed by atoms with E-state index in [-0.39, 0.29) is 23.3 Å². The second kappa shape index (κ2) is 9.72. The third kappa shape index (κ3) is 4.84. The van der Waals surface area contributed by atoms with Gasteiger partial charge in [0.25, 0.3) is 5.91 Å². The van der Waals surface area contributed by atoms with Gasteiger partial charge in [0.05, 0.1) is 30.2 Å². The average Bonchev–Trinajstić information content (AvgIpc) is 2.81. The molecule has 176 valence electrons. The van der Waals surface area contributed by atoms with Crippen LogP contribution in [0.5, 0.6) is 5.88 Å². The lowest BCUT2D eigenvalue weighted by atomic mass is 10.1. The number of thioether (sulfide) groups is 1. The van der Waals surface area contributed by atoms with Gasteiger partial charge in [-0.1, -0.05) is 11.8 Å². The van der Waals surface area contributed by atoms with E-state index < -0.39 is 35.5 Å². The quantitative estimate of drug-likeness (QED) is 0.567. The maximum absolute atomic E-state index is 13.9. The van der Waals surface area contributed by atoms with E-state index in [0.717, 1.165) is 5.56 Å². The van der Waals surface area contributed by atoms with Gasteiger partial charge < -0.3 is 15.0 Å². The minimum absolute atomic E-state index is 0.0990. The summed E-state index contributed by atoms with van der Waals surface area (Å²) in [5.74, 6) is -3.67. The topological polar surface area (TPSA) is 84.4 Å². The largest absolute Gasteiger partial charge is 0.481 e. The van der Waals surface area contributed by atoms with E-state index in [9.17, 15) is 22.8 Å². The van der Waals surface area contributed by atoms with Gasteiger partial charge in [0, 0.05) is 42.7 Å². The number of aromatic nitrogens is 2. The second-order valence-electron chi connectivity index (χ2n) is 7.47. The summed E-state index contributed by atoms with van der Waals surface area (Å²) in [6, 6.07) is 6.04. The standard InChI is InChI=1S/C23H19F3N4O3S/c1-12-23(32)30(11-13-3-4-27-20(5-13)33-2)19-6-14(9-29-22(19)34-12)21(31)28-10-16-17(25)7-15(24)8-18(16)26/h3-9,12H,10-11H2,1-2H3,(H,28,31). The predicted octanol–water partition coefficient (Wildman–Crippen LogP) is 3.86. The fourth-order valence-electron chi connectivity index (χ4n) is 3.42. The first kappa shape index (κ1) is 23.6. The number of hydrogen-bond donors (Lipinski definition) is 1. The van der Waals surface area contributed by atoms with Crippen LogP contribution in [0, 0.1) is 17.5 Å². The summed E-state index contributed by atoms with van der Waals surface area (Å²) >= 11 is 1.27. The number of fused-ring (bicyclic) bond motifs is 1. The molecule has 0 saturated carbocycles. The van der Waals surface area contributed by atoms with Gasteiger partial charge in [0.2, 0.25) is 11.8 Å². The molecule has 0 aliphatic carbocycles. The minimum atomic E-state index is -1.10. The SMILES string of the molecule is COc1cc(CN2C(=O)C(C)Sc3ncc(C(=O)NCc4c(F)cc(F)cc4F)cc32)ccn1. The van der Waals surface area contributed by atoms with Gasteiger partial charge in [-0.25, -0.2) is 23.1 Å². The van der Waals surface area contributed by atoms with Crippen LogP contribution in [0.4, 0.5) is 18.9 Å². The molecule has 0 saturated heterocycles. The Kier molecular flexibility index (Phi) is 6.73. The van der Waals surface area contributed by atoms with Crippen LogP contribution >= 0.6 is 11.8 Å². The fourth-order valence-corrected chi connectivity index (χ4v) is 4.39. The van der Waals surface area contributed by atoms with Crippen molar-refractivity contribution in [3.05, 3.63) is 76.9 Å². The molecule has 1 atom stereocenters. The first-order chi connectivity index (χ1) is 16.3. The fraction of sp³-hybridized carbons (Fsp3) is 0.217. The van der Waals surface area contributed by atoms with Crippen LogP contribution < -0.4 is 15.0 Å². The van der Waals surface area contributed by atoms with E-state index in [1.54, 1.807) is 25.3 Å². The molecule has 1 aromatic carbocycles. The first-order valence-electron chi connectivity index (χ1n) is 10.2. The van der Waals surface area contributed by atoms with Gasteiger partial charge >= 0.3 is 0 Å². The van der Waals surface area contributed by atoms with Crippen molar-refractivity contribution < 1.29 is 27.5 Å². The molecule has 2 aromatic heterocycles. The summed E-state index contributed by atoms with van der Waals surface area (Å²) in [7, 11) is 1.49. The number of nitrogens with one attached hydrogen (secondary N) is 1. The van der Waals surface area contributed by atoms with E-state index in [2.05, 4.69) is 15.3 Å². The molecule has 0 radical (unpaired) electrons. The second-order valence-corrected chi connectivity index (χ2v) is 8.80. The molecule has 1 aliphatic heterocycles. The Morgan fingerprint density at radius 1 is 1.18 bits per heavy atom. The minimum Gasteiger partial charge on any atom is -0.481 e. The molecule has 0 bridgehead atoms. The Morgan fingerprint density at radius 3 is 2.62 bits per heavy atom. The van der Waals surface area contributed by atoms with E-state index >= 15 is 0 Å². The van der Waals surface area contributed by atoms with E-state index in [1.807, 2.05) is 0 Å². The van der Waals surface area contributed by atoms with Crippen LogP contribution in [-0.4, -0.2) is 34.1 Å². The van der Waals surface area contributed by atoms with E-state index in [1.165, 1.54) is 36.0 Å². The highest BCUT2D eigenvalue weighted by molar-refractivity contribution is 8.00. The third-order valence-electron chi connectivity index (χ3n) is 5.17. The summed E-state index contributed by atoms with van der Waals surface area (Å²) in [6.45, 7) is 1.48. The number of rotatable bonds is 6. The number of amides is 2. The van der Waals surface area contributed by atoms with Crippen LogP contribution in [0.2, 0.25) is 0 Å². The molecule has 2 amide bonds. The Morgan fingerprint density at radius 2 is 1.91 bits per heavy atom. The van der Waals surface area contributed by atoms with Gasteiger partial charge in [-0.15, -0.1) is 0 Å². The molecule has 0 spiro atoms. The van der Waals surface area contributed by atoms with Gasteiger partial charge in [-0.3, -0.25) is 9.59 Å². The monoisotopic (exact) mass is 488 g/mol. The highest BCUT2D eigenvalue weighted by atomic mass is 32.2. The smallest absolute Gasteiger partial charge is 0.253 e. The number of nitrogens with zero attached hydrogens (tertiary/aromatic N) is 3. The van der Waals surface area contributed by atoms with E-state index in [4.69, 9.17) is 4.74 Å². The summed E-state index contributed by atoms with van der Waals surface area (Å²) in [4.78, 5) is 35.5. The lowest BCUT2D eigenvalue weighted by Gasteiger charge is -2.32. The lowest BCUT2D eigenvalue weighted by Crippen LogP contribution is -2.39. The van der Waals surface area contributed by atoms with Crippen molar-refractivity contribution in [2.45, 2.75) is 30.3 Å². The number of pyridine rings is 2. The zero-order chi connectivity index (χ0) is 24.4. The van der Waals surface area contributed by atoms with Crippen molar-refractivity contribution >= 4 is 29.3 Å². The van der Waals surface area contributed by atoms with Crippen LogP contribution in [0.1, 0.15) is 28.4 Å². The highest BCUT2D eigenvalue weighted by Gasteiger charge is 2.32. The van der Waals surface area contributed by atoms with Crippen LogP contribution in [-0.2, 0) is 17.9 Å². The summed E-state index contributed by atoms with van der Waals surface area (Å²) in [5, 5.41) is 2.59. The zero-order valence-electron chi connectivity index (χ0n) is 18.1. The molecule has 4 rings (SSSR count). The number of anilines is 1. The molecule has 3 aromatic rings. The Hall–Kier alpha value is -3.60. The Bertz CT molecular complexity index is 1250. The maximum atomic E-state index is 13.9. The predicted molar refractivity (Wildman–Crippen MR) is 119 cm³/mol. The summed E-state index contributed by atoms with van der Waals surface area (Å²) in [5.41, 5.74) is 0.841. The normalized spacial score (nSPS) is 15.1. The van der Waals surface area contributed by atoms with Crippen molar-refractivity contribution in [2.24, 2.45) is 0 Å². The maximum Gasteiger partial charge on any atom is 0.253 e. The Balaban J connectivity index is 1.59. The number of halogens is 3. The third-order valence-corrected chi connectivity index (χ3v) is 6.26. The molecule has 0 fully saturated rings. The summed E-state index contributed by atoms with van der Waals surface area (Å²) < 4.78 is 46.0. The van der Waals surface area contributed by atoms with Crippen molar-refractivity contribution in [2.75, 3.05) is 12.0 Å². The number of carbonyl (C=O) groups excluding carboxylic acids is 2. The van der Waals surface area contributed by atoms with Crippen LogP contribution in [0.25, 0.3) is 0 Å². The molecule has 3 heterocycles. The first-order valence-corrected chi connectivity index (χ1v) is 11.0.